The molecule has 0 aliphatic carbocycles. The highest BCUT2D eigenvalue weighted by atomic mass is 32.2. The van der Waals surface area contributed by atoms with Crippen LogP contribution in [0.5, 0.6) is 0 Å². The third-order valence-corrected chi connectivity index (χ3v) is 12.8. The van der Waals surface area contributed by atoms with Crippen LogP contribution in [0.2, 0.25) is 0 Å². The monoisotopic (exact) mass is 660 g/mol. The Kier molecular flexibility index (Phi) is 6.51. The molecule has 0 unspecified atom stereocenters. The Balaban J connectivity index is 1.24. The molecule has 3 heteroatoms. The highest BCUT2D eigenvalue weighted by Gasteiger charge is 2.39. The summed E-state index contributed by atoms with van der Waals surface area (Å²) in [5, 5.41) is 7.72. The van der Waals surface area contributed by atoms with E-state index in [4.69, 9.17) is 0 Å². The first-order valence-corrected chi connectivity index (χ1v) is 18.8. The summed E-state index contributed by atoms with van der Waals surface area (Å²) in [5.74, 6) is 0. The maximum absolute atomic E-state index is 2.50. The minimum atomic E-state index is 0.0940. The maximum Gasteiger partial charge on any atom is 0.247 e. The van der Waals surface area contributed by atoms with E-state index in [0.29, 0.717) is 0 Å². The number of benzene rings is 8. The van der Waals surface area contributed by atoms with Gasteiger partial charge in [0.05, 0.1) is 0 Å². The Hall–Kier alpha value is -4.70. The largest absolute Gasteiger partial charge is 0.247 e. The van der Waals surface area contributed by atoms with Gasteiger partial charge in [0.1, 0.15) is 0 Å². The smallest absolute Gasteiger partial charge is 0.0911 e. The summed E-state index contributed by atoms with van der Waals surface area (Å²) in [5.41, 5.74) is 11.0. The van der Waals surface area contributed by atoms with E-state index in [1.807, 2.05) is 23.5 Å². The second-order valence-corrected chi connectivity index (χ2v) is 16.6. The summed E-state index contributed by atoms with van der Waals surface area (Å²) < 4.78 is 0. The maximum atomic E-state index is 2.50. The van der Waals surface area contributed by atoms with Crippen LogP contribution in [0.25, 0.3) is 54.6 Å². The number of hydrogen-bond donors (Lipinski definition) is 0. The standard InChI is InChI=1S/C46H33BS2/c1-46(2,3)32-22-23-40-38(27-32)47-37-18-10-11-19-39(37)48-41-25-31(26-42(49-40)45(41)47)44-35-16-8-6-14-33(35)43(34-15-7-9-17-36(34)44)30-21-20-28-12-4-5-13-29(28)24-30/h4-27H,1-3H3. The Labute approximate surface area is 296 Å². The minimum Gasteiger partial charge on any atom is -0.0911 e. The van der Waals surface area contributed by atoms with Crippen LogP contribution in [0, 0.1) is 0 Å². The van der Waals surface area contributed by atoms with Crippen molar-refractivity contribution < 1.29 is 0 Å². The van der Waals surface area contributed by atoms with Crippen molar-refractivity contribution in [2.24, 2.45) is 0 Å². The highest BCUT2D eigenvalue weighted by molar-refractivity contribution is 8.01. The fraction of sp³-hybridized carbons (Fsp3) is 0.0870. The van der Waals surface area contributed by atoms with Gasteiger partial charge in [-0.2, -0.15) is 0 Å². The Morgan fingerprint density at radius 2 is 0.980 bits per heavy atom. The molecule has 49 heavy (non-hydrogen) atoms. The Morgan fingerprint density at radius 1 is 0.429 bits per heavy atom. The Morgan fingerprint density at radius 3 is 1.63 bits per heavy atom. The minimum absolute atomic E-state index is 0.0940. The van der Waals surface area contributed by atoms with Gasteiger partial charge >= 0.3 is 0 Å². The summed E-state index contributed by atoms with van der Waals surface area (Å²) in [6.45, 7) is 7.20. The molecule has 0 fully saturated rings. The molecule has 0 aromatic heterocycles. The van der Waals surface area contributed by atoms with Crippen LogP contribution in [0.3, 0.4) is 0 Å². The molecular formula is C46H33BS2. The van der Waals surface area contributed by atoms with E-state index >= 15 is 0 Å². The van der Waals surface area contributed by atoms with Gasteiger partial charge in [0.2, 0.25) is 6.71 Å². The van der Waals surface area contributed by atoms with Crippen molar-refractivity contribution in [1.82, 2.24) is 0 Å². The summed E-state index contributed by atoms with van der Waals surface area (Å²) in [6.07, 6.45) is 0. The van der Waals surface area contributed by atoms with E-state index in [0.717, 1.165) is 0 Å². The van der Waals surface area contributed by atoms with Gasteiger partial charge in [0.25, 0.3) is 0 Å². The van der Waals surface area contributed by atoms with Crippen molar-refractivity contribution in [2.45, 2.75) is 45.8 Å². The first kappa shape index (κ1) is 29.2. The zero-order valence-corrected chi connectivity index (χ0v) is 29.4. The average molecular weight is 661 g/mol. The Bertz CT molecular complexity index is 2590. The summed E-state index contributed by atoms with van der Waals surface area (Å²) in [6, 6.07) is 54.9. The van der Waals surface area contributed by atoms with Crippen molar-refractivity contribution >= 4 is 78.9 Å². The van der Waals surface area contributed by atoms with Crippen molar-refractivity contribution in [3.63, 3.8) is 0 Å². The highest BCUT2D eigenvalue weighted by Crippen LogP contribution is 2.47. The first-order valence-electron chi connectivity index (χ1n) is 17.1. The molecule has 0 atom stereocenters. The van der Waals surface area contributed by atoms with Crippen LogP contribution >= 0.6 is 23.5 Å². The second kappa shape index (κ2) is 10.9. The van der Waals surface area contributed by atoms with Crippen molar-refractivity contribution in [3.8, 4) is 22.3 Å². The van der Waals surface area contributed by atoms with Gasteiger partial charge in [-0.05, 0) is 101 Å². The van der Waals surface area contributed by atoms with E-state index < -0.39 is 0 Å². The number of rotatable bonds is 2. The molecule has 0 saturated heterocycles. The normalized spacial score (nSPS) is 13.4. The lowest BCUT2D eigenvalue weighted by Gasteiger charge is -2.34. The van der Waals surface area contributed by atoms with Gasteiger partial charge in [-0.1, -0.05) is 170 Å². The topological polar surface area (TPSA) is 0 Å². The van der Waals surface area contributed by atoms with E-state index in [-0.39, 0.29) is 12.1 Å². The van der Waals surface area contributed by atoms with Crippen LogP contribution in [0.15, 0.2) is 165 Å². The van der Waals surface area contributed by atoms with Crippen molar-refractivity contribution in [1.29, 1.82) is 0 Å². The van der Waals surface area contributed by atoms with Crippen molar-refractivity contribution in [3.05, 3.63) is 151 Å². The van der Waals surface area contributed by atoms with Crippen molar-refractivity contribution in [2.75, 3.05) is 0 Å². The summed E-state index contributed by atoms with van der Waals surface area (Å²) >= 11 is 3.89. The van der Waals surface area contributed by atoms with Gasteiger partial charge in [0, 0.05) is 19.6 Å². The zero-order valence-electron chi connectivity index (χ0n) is 27.8. The van der Waals surface area contributed by atoms with Gasteiger partial charge in [0.15, 0.2) is 0 Å². The second-order valence-electron chi connectivity index (χ2n) is 14.5. The van der Waals surface area contributed by atoms with Gasteiger partial charge in [-0.15, -0.1) is 0 Å². The quantitative estimate of drug-likeness (QED) is 0.134. The predicted molar refractivity (Wildman–Crippen MR) is 214 cm³/mol. The lowest BCUT2D eigenvalue weighted by Crippen LogP contribution is -2.58. The molecule has 2 aliphatic rings. The molecular weight excluding hydrogens is 627 g/mol. The van der Waals surface area contributed by atoms with E-state index in [1.54, 1.807) is 0 Å². The molecule has 0 nitrogen and oxygen atoms in total. The average Bonchev–Trinajstić information content (AvgIpc) is 3.12. The molecule has 0 amide bonds. The zero-order chi connectivity index (χ0) is 32.9. The molecule has 232 valence electrons. The lowest BCUT2D eigenvalue weighted by atomic mass is 9.36. The molecule has 0 saturated carbocycles. The lowest BCUT2D eigenvalue weighted by molar-refractivity contribution is 0.590. The third-order valence-electron chi connectivity index (χ3n) is 10.5. The van der Waals surface area contributed by atoms with Crippen LogP contribution in [-0.4, -0.2) is 6.71 Å². The first-order chi connectivity index (χ1) is 23.9. The SMILES string of the molecule is CC(C)(C)c1ccc2c(c1)B1c3ccccc3Sc3cc(-c4c5ccccc5c(-c5ccc6ccccc6c5)c5ccccc45)cc(c31)S2. The molecule has 10 rings (SSSR count). The van der Waals surface area contributed by atoms with Gasteiger partial charge < -0.3 is 0 Å². The van der Waals surface area contributed by atoms with Crippen LogP contribution in [0.4, 0.5) is 0 Å². The van der Waals surface area contributed by atoms with Gasteiger partial charge in [-0.3, -0.25) is 0 Å². The third kappa shape index (κ3) is 4.56. The molecule has 2 aliphatic heterocycles. The molecule has 8 aromatic rings. The number of fused-ring (bicyclic) bond motifs is 7. The van der Waals surface area contributed by atoms with Crippen LogP contribution < -0.4 is 16.4 Å². The van der Waals surface area contributed by atoms with Gasteiger partial charge in [-0.25, -0.2) is 0 Å². The molecule has 8 aromatic carbocycles. The van der Waals surface area contributed by atoms with E-state index in [9.17, 15) is 0 Å². The summed E-state index contributed by atoms with van der Waals surface area (Å²) in [7, 11) is 0. The molecule has 0 N–H and O–H groups in total. The molecule has 0 radical (unpaired) electrons. The fourth-order valence-corrected chi connectivity index (χ4v) is 10.6. The van der Waals surface area contributed by atoms with Crippen LogP contribution in [0.1, 0.15) is 26.3 Å². The molecule has 2 heterocycles. The van der Waals surface area contributed by atoms with E-state index in [2.05, 4.69) is 166 Å². The molecule has 0 bridgehead atoms. The molecule has 0 spiro atoms. The predicted octanol–water partition coefficient (Wildman–Crippen LogP) is 11.2. The summed E-state index contributed by atoms with van der Waals surface area (Å²) in [4.78, 5) is 5.49. The number of hydrogen-bond acceptors (Lipinski definition) is 2. The van der Waals surface area contributed by atoms with Crippen LogP contribution in [-0.2, 0) is 5.41 Å². The fourth-order valence-electron chi connectivity index (χ4n) is 8.15. The van der Waals surface area contributed by atoms with E-state index in [1.165, 1.54) is 96.1 Å².